The van der Waals surface area contributed by atoms with Gasteiger partial charge in [0.05, 0.1) is 13.2 Å². The van der Waals surface area contributed by atoms with Crippen molar-refractivity contribution in [2.24, 2.45) is 5.92 Å². The highest BCUT2D eigenvalue weighted by molar-refractivity contribution is 5.81. The summed E-state index contributed by atoms with van der Waals surface area (Å²) in [7, 11) is 1.65. The van der Waals surface area contributed by atoms with Gasteiger partial charge in [-0.15, -0.1) is 0 Å². The molecule has 1 amide bonds. The Balaban J connectivity index is 1.80. The predicted octanol–water partition coefficient (Wildman–Crippen LogP) is 2.38. The van der Waals surface area contributed by atoms with Gasteiger partial charge < -0.3 is 19.7 Å². The van der Waals surface area contributed by atoms with E-state index in [9.17, 15) is 4.79 Å². The molecule has 1 aliphatic heterocycles. The zero-order valence-corrected chi connectivity index (χ0v) is 13.5. The molecule has 2 rings (SSSR count). The molecule has 0 radical (unpaired) electrons. The van der Waals surface area contributed by atoms with E-state index >= 15 is 0 Å². The number of likely N-dealkylation sites (tertiary alicyclic amines) is 1. The molecule has 5 heteroatoms. The maximum Gasteiger partial charge on any atom is 0.241 e. The van der Waals surface area contributed by atoms with Crippen LogP contribution in [0.2, 0.25) is 0 Å². The Morgan fingerprint density at radius 2 is 2.27 bits per heavy atom. The van der Waals surface area contributed by atoms with Crippen molar-refractivity contribution >= 4 is 11.6 Å². The molecule has 5 nitrogen and oxygen atoms in total. The molecule has 22 heavy (non-hydrogen) atoms. The summed E-state index contributed by atoms with van der Waals surface area (Å²) < 4.78 is 10.5. The number of anilines is 1. The van der Waals surface area contributed by atoms with Gasteiger partial charge in [0.1, 0.15) is 12.4 Å². The van der Waals surface area contributed by atoms with Crippen LogP contribution in [0.1, 0.15) is 19.8 Å². The van der Waals surface area contributed by atoms with Gasteiger partial charge >= 0.3 is 0 Å². The Bertz CT molecular complexity index is 479. The maximum absolute atomic E-state index is 12.2. The molecular weight excluding hydrogens is 280 g/mol. The lowest BCUT2D eigenvalue weighted by Crippen LogP contribution is -2.41. The van der Waals surface area contributed by atoms with Crippen LogP contribution in [-0.2, 0) is 9.53 Å². The Hall–Kier alpha value is -1.75. The van der Waals surface area contributed by atoms with E-state index in [4.69, 9.17) is 9.47 Å². The highest BCUT2D eigenvalue weighted by Gasteiger charge is 2.20. The number of nitrogens with zero attached hydrogens (tertiary/aromatic N) is 1. The molecule has 0 bridgehead atoms. The van der Waals surface area contributed by atoms with Gasteiger partial charge in [0.2, 0.25) is 5.91 Å². The van der Waals surface area contributed by atoms with Crippen LogP contribution in [0.5, 0.6) is 5.75 Å². The third-order valence-corrected chi connectivity index (χ3v) is 3.84. The lowest BCUT2D eigenvalue weighted by Gasteiger charge is -2.31. The molecule has 0 aromatic heterocycles. The molecule has 1 atom stereocenters. The third-order valence-electron chi connectivity index (χ3n) is 3.84. The molecule has 1 aliphatic rings. The molecule has 0 spiro atoms. The first-order valence-corrected chi connectivity index (χ1v) is 7.92. The molecular formula is C17H26N2O3. The molecule has 0 aliphatic carbocycles. The van der Waals surface area contributed by atoms with Crippen molar-refractivity contribution in [3.63, 3.8) is 0 Å². The smallest absolute Gasteiger partial charge is 0.241 e. The van der Waals surface area contributed by atoms with Crippen molar-refractivity contribution in [2.75, 3.05) is 45.3 Å². The number of rotatable bonds is 7. The largest absolute Gasteiger partial charge is 0.491 e. The second-order valence-electron chi connectivity index (χ2n) is 5.81. The fraction of sp³-hybridized carbons (Fsp3) is 0.588. The Labute approximate surface area is 132 Å². The summed E-state index contributed by atoms with van der Waals surface area (Å²) in [5, 5.41) is 3.18. The van der Waals surface area contributed by atoms with Crippen molar-refractivity contribution in [2.45, 2.75) is 19.8 Å². The summed E-state index contributed by atoms with van der Waals surface area (Å²) in [6, 6.07) is 7.66. The SMILES string of the molecule is COCCOc1cccc(NCC(=O)N2CCCC(C)C2)c1. The van der Waals surface area contributed by atoms with Crippen molar-refractivity contribution < 1.29 is 14.3 Å². The minimum absolute atomic E-state index is 0.164. The molecule has 1 N–H and O–H groups in total. The van der Waals surface area contributed by atoms with Crippen molar-refractivity contribution in [1.29, 1.82) is 0 Å². The summed E-state index contributed by atoms with van der Waals surface area (Å²) in [6.45, 7) is 5.36. The fourth-order valence-electron chi connectivity index (χ4n) is 2.64. The van der Waals surface area contributed by atoms with E-state index in [-0.39, 0.29) is 5.91 Å². The summed E-state index contributed by atoms with van der Waals surface area (Å²) in [6.07, 6.45) is 2.33. The molecule has 1 fully saturated rings. The molecule has 1 aromatic rings. The normalized spacial score (nSPS) is 18.1. The Morgan fingerprint density at radius 1 is 1.41 bits per heavy atom. The lowest BCUT2D eigenvalue weighted by molar-refractivity contribution is -0.130. The van der Waals surface area contributed by atoms with E-state index in [1.54, 1.807) is 7.11 Å². The lowest BCUT2D eigenvalue weighted by atomic mass is 10.0. The summed E-state index contributed by atoms with van der Waals surface area (Å²) in [5.74, 6) is 1.55. The zero-order valence-electron chi connectivity index (χ0n) is 13.5. The van der Waals surface area contributed by atoms with Crippen LogP contribution in [0, 0.1) is 5.92 Å². The number of hydrogen-bond acceptors (Lipinski definition) is 4. The maximum atomic E-state index is 12.2. The van der Waals surface area contributed by atoms with Crippen LogP contribution >= 0.6 is 0 Å². The first-order valence-electron chi connectivity index (χ1n) is 7.92. The molecule has 1 heterocycles. The molecule has 0 saturated carbocycles. The van der Waals surface area contributed by atoms with Crippen molar-refractivity contribution in [3.05, 3.63) is 24.3 Å². The van der Waals surface area contributed by atoms with Crippen LogP contribution in [0.15, 0.2) is 24.3 Å². The number of amides is 1. The first-order chi connectivity index (χ1) is 10.7. The predicted molar refractivity (Wildman–Crippen MR) is 87.3 cm³/mol. The van der Waals surface area contributed by atoms with Crippen molar-refractivity contribution in [1.82, 2.24) is 4.90 Å². The molecule has 122 valence electrons. The number of benzene rings is 1. The second kappa shape index (κ2) is 8.63. The van der Waals surface area contributed by atoms with Gasteiger partial charge in [-0.2, -0.15) is 0 Å². The van der Waals surface area contributed by atoms with Crippen LogP contribution in [0.25, 0.3) is 0 Å². The van der Waals surface area contributed by atoms with Gasteiger partial charge in [-0.3, -0.25) is 4.79 Å². The number of piperidine rings is 1. The Morgan fingerprint density at radius 3 is 3.05 bits per heavy atom. The van der Waals surface area contributed by atoms with Gasteiger partial charge in [-0.25, -0.2) is 0 Å². The summed E-state index contributed by atoms with van der Waals surface area (Å²) >= 11 is 0. The topological polar surface area (TPSA) is 50.8 Å². The number of carbonyl (C=O) groups excluding carboxylic acids is 1. The van der Waals surface area contributed by atoms with Crippen LogP contribution in [0.4, 0.5) is 5.69 Å². The fourth-order valence-corrected chi connectivity index (χ4v) is 2.64. The van der Waals surface area contributed by atoms with Gasteiger partial charge in [-0.1, -0.05) is 13.0 Å². The van der Waals surface area contributed by atoms with Gasteiger partial charge in [-0.05, 0) is 30.9 Å². The molecule has 1 aromatic carbocycles. The van der Waals surface area contributed by atoms with E-state index in [0.717, 1.165) is 30.9 Å². The zero-order chi connectivity index (χ0) is 15.8. The first kappa shape index (κ1) is 16.6. The number of methoxy groups -OCH3 is 1. The van der Waals surface area contributed by atoms with Gasteiger partial charge in [0.25, 0.3) is 0 Å². The van der Waals surface area contributed by atoms with E-state index < -0.39 is 0 Å². The van der Waals surface area contributed by atoms with Crippen LogP contribution < -0.4 is 10.1 Å². The minimum Gasteiger partial charge on any atom is -0.491 e. The van der Waals surface area contributed by atoms with E-state index in [0.29, 0.717) is 25.7 Å². The second-order valence-corrected chi connectivity index (χ2v) is 5.81. The van der Waals surface area contributed by atoms with Gasteiger partial charge in [0.15, 0.2) is 0 Å². The van der Waals surface area contributed by atoms with E-state index in [1.807, 2.05) is 29.2 Å². The van der Waals surface area contributed by atoms with Crippen LogP contribution in [0.3, 0.4) is 0 Å². The number of carbonyl (C=O) groups is 1. The van der Waals surface area contributed by atoms with Gasteiger partial charge in [0, 0.05) is 32.0 Å². The quantitative estimate of drug-likeness (QED) is 0.786. The molecule has 1 unspecified atom stereocenters. The minimum atomic E-state index is 0.164. The van der Waals surface area contributed by atoms with Crippen LogP contribution in [-0.4, -0.2) is 50.8 Å². The summed E-state index contributed by atoms with van der Waals surface area (Å²) in [4.78, 5) is 14.2. The highest BCUT2D eigenvalue weighted by Crippen LogP contribution is 2.18. The number of ether oxygens (including phenoxy) is 2. The number of nitrogens with one attached hydrogen (secondary N) is 1. The Kier molecular flexibility index (Phi) is 6.52. The highest BCUT2D eigenvalue weighted by atomic mass is 16.5. The standard InChI is InChI=1S/C17H26N2O3/c1-14-5-4-8-19(13-14)17(20)12-18-15-6-3-7-16(11-15)22-10-9-21-2/h3,6-7,11,14,18H,4-5,8-10,12-13H2,1-2H3. The number of hydrogen-bond donors (Lipinski definition) is 1. The van der Waals surface area contributed by atoms with E-state index in [1.165, 1.54) is 6.42 Å². The average molecular weight is 306 g/mol. The van der Waals surface area contributed by atoms with Crippen molar-refractivity contribution in [3.8, 4) is 5.75 Å². The third kappa shape index (κ3) is 5.22. The van der Waals surface area contributed by atoms with E-state index in [2.05, 4.69) is 12.2 Å². The monoisotopic (exact) mass is 306 g/mol. The molecule has 1 saturated heterocycles. The summed E-state index contributed by atoms with van der Waals surface area (Å²) in [5.41, 5.74) is 0.897. The average Bonchev–Trinajstić information content (AvgIpc) is 2.53.